The van der Waals surface area contributed by atoms with Crippen LogP contribution in [0.3, 0.4) is 0 Å². The van der Waals surface area contributed by atoms with Crippen LogP contribution in [0, 0.1) is 6.92 Å². The lowest BCUT2D eigenvalue weighted by molar-refractivity contribution is -0.139. The summed E-state index contributed by atoms with van der Waals surface area (Å²) in [6.07, 6.45) is 5.31. The summed E-state index contributed by atoms with van der Waals surface area (Å²) >= 11 is 0. The minimum atomic E-state index is -3.38. The molecule has 0 heterocycles. The van der Waals surface area contributed by atoms with Crippen molar-refractivity contribution in [2.75, 3.05) is 12.0 Å². The number of carboxylic acids is 1. The van der Waals surface area contributed by atoms with Crippen molar-refractivity contribution in [3.05, 3.63) is 95.1 Å². The van der Waals surface area contributed by atoms with E-state index in [1.165, 1.54) is 12.0 Å². The number of sulfone groups is 1. The summed E-state index contributed by atoms with van der Waals surface area (Å²) in [6.45, 7) is 7.17. The van der Waals surface area contributed by atoms with Crippen LogP contribution in [0.15, 0.2) is 72.8 Å². The van der Waals surface area contributed by atoms with E-state index in [0.29, 0.717) is 11.6 Å². The second-order valence-electron chi connectivity index (χ2n) is 11.9. The number of hydrogen-bond acceptors (Lipinski definition) is 5. The molecule has 1 aliphatic carbocycles. The van der Waals surface area contributed by atoms with Crippen LogP contribution in [0.2, 0.25) is 0 Å². The Bertz CT molecular complexity index is 1510. The molecule has 3 aromatic rings. The van der Waals surface area contributed by atoms with Gasteiger partial charge in [-0.3, -0.25) is 9.69 Å². The Labute approximate surface area is 249 Å². The monoisotopic (exact) mass is 590 g/mol. The van der Waals surface area contributed by atoms with Crippen LogP contribution in [-0.4, -0.2) is 59.9 Å². The van der Waals surface area contributed by atoms with Gasteiger partial charge in [0.05, 0.1) is 5.75 Å². The minimum absolute atomic E-state index is 0.0721. The first kappa shape index (κ1) is 31.4. The number of aliphatic carboxylic acids is 1. The summed E-state index contributed by atoms with van der Waals surface area (Å²) < 4.78 is 23.3. The Morgan fingerprint density at radius 2 is 1.62 bits per heavy atom. The Morgan fingerprint density at radius 3 is 2.19 bits per heavy atom. The highest BCUT2D eigenvalue weighted by Crippen LogP contribution is 2.43. The molecular weight excluding hydrogens is 548 g/mol. The van der Waals surface area contributed by atoms with Crippen molar-refractivity contribution < 1.29 is 23.1 Å². The molecular formula is C34H42N2O5S. The summed E-state index contributed by atoms with van der Waals surface area (Å²) in [7, 11) is -3.38. The summed E-state index contributed by atoms with van der Waals surface area (Å²) in [6, 6.07) is 23.2. The third-order valence-electron chi connectivity index (χ3n) is 8.39. The number of nitrogens with one attached hydrogen (secondary N) is 1. The molecule has 4 rings (SSSR count). The fraction of sp³-hybridized carbons (Fsp3) is 0.412. The predicted molar refractivity (Wildman–Crippen MR) is 167 cm³/mol. The Balaban J connectivity index is 1.67. The van der Waals surface area contributed by atoms with Gasteiger partial charge in [0.2, 0.25) is 0 Å². The van der Waals surface area contributed by atoms with Crippen LogP contribution in [0.5, 0.6) is 0 Å². The van der Waals surface area contributed by atoms with E-state index in [-0.39, 0.29) is 17.7 Å². The maximum Gasteiger partial charge on any atom is 0.326 e. The topological polar surface area (TPSA) is 104 Å². The smallest absolute Gasteiger partial charge is 0.326 e. The number of aryl methyl sites for hydroxylation is 1. The van der Waals surface area contributed by atoms with Gasteiger partial charge in [-0.1, -0.05) is 60.7 Å². The van der Waals surface area contributed by atoms with Crippen molar-refractivity contribution in [1.29, 1.82) is 0 Å². The molecule has 0 radical (unpaired) electrons. The van der Waals surface area contributed by atoms with Crippen LogP contribution >= 0.6 is 0 Å². The fourth-order valence-corrected chi connectivity index (χ4v) is 6.70. The molecule has 3 aromatic carbocycles. The fourth-order valence-electron chi connectivity index (χ4n) is 6.03. The molecule has 0 aromatic heterocycles. The Hall–Kier alpha value is -3.49. The van der Waals surface area contributed by atoms with Crippen LogP contribution < -0.4 is 5.32 Å². The summed E-state index contributed by atoms with van der Waals surface area (Å²) in [5.41, 5.74) is 5.45. The van der Waals surface area contributed by atoms with Crippen molar-refractivity contribution in [2.45, 2.75) is 77.0 Å². The zero-order valence-electron chi connectivity index (χ0n) is 25.0. The van der Waals surface area contributed by atoms with Crippen molar-refractivity contribution in [1.82, 2.24) is 10.2 Å². The van der Waals surface area contributed by atoms with Crippen molar-refractivity contribution >= 4 is 21.7 Å². The van der Waals surface area contributed by atoms with Gasteiger partial charge in [-0.15, -0.1) is 0 Å². The van der Waals surface area contributed by atoms with Crippen molar-refractivity contribution in [3.63, 3.8) is 0 Å². The van der Waals surface area contributed by atoms with E-state index in [1.54, 1.807) is 6.07 Å². The second-order valence-corrected chi connectivity index (χ2v) is 14.2. The van der Waals surface area contributed by atoms with Gasteiger partial charge in [-0.05, 0) is 92.8 Å². The van der Waals surface area contributed by atoms with Gasteiger partial charge in [0.15, 0.2) is 0 Å². The molecule has 42 heavy (non-hydrogen) atoms. The van der Waals surface area contributed by atoms with E-state index < -0.39 is 27.8 Å². The van der Waals surface area contributed by atoms with Crippen LogP contribution in [0.25, 0.3) is 11.1 Å². The number of carbonyl (C=O) groups is 2. The lowest BCUT2D eigenvalue weighted by atomic mass is 9.70. The lowest BCUT2D eigenvalue weighted by Crippen LogP contribution is -2.57. The van der Waals surface area contributed by atoms with E-state index in [4.69, 9.17) is 0 Å². The summed E-state index contributed by atoms with van der Waals surface area (Å²) in [5, 5.41) is 12.3. The standard InChI is InChI=1S/C34H42N2O5S/c1-24(2)36(34(18-10-19-34)22-26-12-6-5-7-13-26)23-27-15-16-29(30(21-27)28-14-9-8-11-25(28)3)32(37)35-31(33(38)39)17-20-42(4,40)41/h5-9,11-16,21,24,31H,10,17-20,22-23H2,1-4H3,(H,35,37)(H,38,39). The van der Waals surface area contributed by atoms with Crippen molar-refractivity contribution in [3.8, 4) is 11.1 Å². The predicted octanol–water partition coefficient (Wildman–Crippen LogP) is 5.66. The number of nitrogens with zero attached hydrogens (tertiary/aromatic N) is 1. The third kappa shape index (κ3) is 7.66. The first-order chi connectivity index (χ1) is 19.9. The molecule has 2 N–H and O–H groups in total. The zero-order valence-corrected chi connectivity index (χ0v) is 25.8. The number of carboxylic acid groups (broad SMARTS) is 1. The Kier molecular flexibility index (Phi) is 9.89. The molecule has 8 heteroatoms. The molecule has 7 nitrogen and oxygen atoms in total. The normalized spacial score (nSPS) is 15.3. The van der Waals surface area contributed by atoms with Gasteiger partial charge < -0.3 is 10.4 Å². The molecule has 1 amide bonds. The molecule has 0 bridgehead atoms. The van der Waals surface area contributed by atoms with Gasteiger partial charge in [-0.25, -0.2) is 13.2 Å². The first-order valence-corrected chi connectivity index (χ1v) is 16.7. The van der Waals surface area contributed by atoms with Gasteiger partial charge in [0.1, 0.15) is 15.9 Å². The number of carbonyl (C=O) groups excluding carboxylic acids is 1. The highest BCUT2D eigenvalue weighted by atomic mass is 32.2. The number of amides is 1. The average Bonchev–Trinajstić information content (AvgIpc) is 2.91. The maximum absolute atomic E-state index is 13.5. The van der Waals surface area contributed by atoms with E-state index in [9.17, 15) is 23.1 Å². The third-order valence-corrected chi connectivity index (χ3v) is 9.37. The minimum Gasteiger partial charge on any atom is -0.480 e. The molecule has 224 valence electrons. The van der Waals surface area contributed by atoms with Crippen molar-refractivity contribution in [2.24, 2.45) is 0 Å². The molecule has 1 fully saturated rings. The quantitative estimate of drug-likeness (QED) is 0.267. The maximum atomic E-state index is 13.5. The molecule has 1 aliphatic rings. The molecule has 0 aliphatic heterocycles. The van der Waals surface area contributed by atoms with Gasteiger partial charge in [-0.2, -0.15) is 0 Å². The van der Waals surface area contributed by atoms with Gasteiger partial charge in [0.25, 0.3) is 5.91 Å². The highest BCUT2D eigenvalue weighted by molar-refractivity contribution is 7.90. The molecule has 0 spiro atoms. The number of hydrogen-bond donors (Lipinski definition) is 2. The molecule has 0 saturated heterocycles. The van der Waals surface area contributed by atoms with E-state index >= 15 is 0 Å². The second kappa shape index (κ2) is 13.2. The van der Waals surface area contributed by atoms with Crippen LogP contribution in [0.1, 0.15) is 66.6 Å². The SMILES string of the molecule is Cc1ccccc1-c1cc(CN(C(C)C)C2(Cc3ccccc3)CCC2)ccc1C(=O)NC(CCS(C)(=O)=O)C(=O)O. The van der Waals surface area contributed by atoms with E-state index in [0.717, 1.165) is 54.3 Å². The number of rotatable bonds is 13. The van der Waals surface area contributed by atoms with Gasteiger partial charge >= 0.3 is 5.97 Å². The van der Waals surface area contributed by atoms with E-state index in [1.807, 2.05) is 49.4 Å². The molecule has 1 saturated carbocycles. The van der Waals surface area contributed by atoms with E-state index in [2.05, 4.69) is 48.3 Å². The summed E-state index contributed by atoms with van der Waals surface area (Å²) in [4.78, 5) is 28.0. The molecule has 1 unspecified atom stereocenters. The van der Waals surface area contributed by atoms with Crippen LogP contribution in [-0.2, 0) is 27.6 Å². The number of benzene rings is 3. The average molecular weight is 591 g/mol. The first-order valence-electron chi connectivity index (χ1n) is 14.6. The Morgan fingerprint density at radius 1 is 0.952 bits per heavy atom. The molecule has 1 atom stereocenters. The van der Waals surface area contributed by atoms with Gasteiger partial charge in [0, 0.05) is 29.9 Å². The highest BCUT2D eigenvalue weighted by Gasteiger charge is 2.43. The lowest BCUT2D eigenvalue weighted by Gasteiger charge is -2.53. The largest absolute Gasteiger partial charge is 0.480 e. The summed E-state index contributed by atoms with van der Waals surface area (Å²) in [5.74, 6) is -2.14. The van der Waals surface area contributed by atoms with Crippen LogP contribution in [0.4, 0.5) is 0 Å². The zero-order chi connectivity index (χ0) is 30.5.